The molecule has 1 aromatic rings. The summed E-state index contributed by atoms with van der Waals surface area (Å²) in [6.07, 6.45) is 0. The van der Waals surface area contributed by atoms with Crippen molar-refractivity contribution in [3.05, 3.63) is 27.7 Å². The molecule has 0 unspecified atom stereocenters. The Morgan fingerprint density at radius 2 is 2.31 bits per heavy atom. The Kier molecular flexibility index (Phi) is 4.56. The van der Waals surface area contributed by atoms with E-state index in [1.54, 1.807) is 6.07 Å². The van der Waals surface area contributed by atoms with Crippen molar-refractivity contribution in [3.8, 4) is 5.75 Å². The van der Waals surface area contributed by atoms with Crippen LogP contribution in [0.4, 0.5) is 0 Å². The molecule has 0 radical (unpaired) electrons. The summed E-state index contributed by atoms with van der Waals surface area (Å²) >= 11 is 9.26. The highest BCUT2D eigenvalue weighted by molar-refractivity contribution is 9.10. The summed E-state index contributed by atoms with van der Waals surface area (Å²) in [6, 6.07) is 5.55. The van der Waals surface area contributed by atoms with Crippen LogP contribution in [-0.2, 0) is 0 Å². The molecule has 1 aromatic carbocycles. The zero-order valence-electron chi connectivity index (χ0n) is 7.31. The van der Waals surface area contributed by atoms with Crippen molar-refractivity contribution in [2.45, 2.75) is 0 Å². The van der Waals surface area contributed by atoms with E-state index in [4.69, 9.17) is 16.3 Å². The minimum atomic E-state index is 0.618. The molecule has 0 spiro atoms. The number of hydrogen-bond donors (Lipinski definition) is 1. The third kappa shape index (κ3) is 3.55. The molecule has 0 amide bonds. The van der Waals surface area contributed by atoms with E-state index >= 15 is 0 Å². The molecule has 13 heavy (non-hydrogen) atoms. The highest BCUT2D eigenvalue weighted by atomic mass is 79.9. The fourth-order valence-corrected chi connectivity index (χ4v) is 1.36. The lowest BCUT2D eigenvalue weighted by Gasteiger charge is -2.07. The smallest absolute Gasteiger partial charge is 0.139 e. The Hall–Kier alpha value is -0.250. The normalized spacial score (nSPS) is 10.1. The second-order valence-electron chi connectivity index (χ2n) is 2.53. The number of rotatable bonds is 4. The number of benzene rings is 1. The van der Waals surface area contributed by atoms with Gasteiger partial charge in [0.2, 0.25) is 0 Å². The van der Waals surface area contributed by atoms with Gasteiger partial charge in [0.25, 0.3) is 0 Å². The predicted molar refractivity (Wildman–Crippen MR) is 58.6 cm³/mol. The maximum Gasteiger partial charge on any atom is 0.139 e. The average molecular weight is 265 g/mol. The Morgan fingerprint density at radius 3 is 3.00 bits per heavy atom. The van der Waals surface area contributed by atoms with Crippen molar-refractivity contribution in [2.75, 3.05) is 20.2 Å². The van der Waals surface area contributed by atoms with E-state index in [-0.39, 0.29) is 0 Å². The maximum atomic E-state index is 5.91. The molecule has 1 rings (SSSR count). The molecule has 0 saturated heterocycles. The van der Waals surface area contributed by atoms with Gasteiger partial charge in [0.1, 0.15) is 12.4 Å². The van der Waals surface area contributed by atoms with Gasteiger partial charge < -0.3 is 10.1 Å². The molecule has 0 aliphatic rings. The first kappa shape index (κ1) is 10.8. The van der Waals surface area contributed by atoms with Gasteiger partial charge in [-0.3, -0.25) is 0 Å². The third-order valence-electron chi connectivity index (χ3n) is 1.50. The monoisotopic (exact) mass is 263 g/mol. The van der Waals surface area contributed by atoms with Gasteiger partial charge in [-0.1, -0.05) is 27.5 Å². The first-order valence-corrected chi connectivity index (χ1v) is 5.13. The SMILES string of the molecule is CNCCOc1cc(Br)ccc1Cl. The fourth-order valence-electron chi connectivity index (χ4n) is 0.851. The van der Waals surface area contributed by atoms with Crippen LogP contribution in [0.5, 0.6) is 5.75 Å². The number of ether oxygens (including phenoxy) is 1. The van der Waals surface area contributed by atoms with Crippen molar-refractivity contribution in [1.82, 2.24) is 5.32 Å². The van der Waals surface area contributed by atoms with E-state index in [1.807, 2.05) is 19.2 Å². The van der Waals surface area contributed by atoms with Crippen LogP contribution in [0.25, 0.3) is 0 Å². The zero-order chi connectivity index (χ0) is 9.68. The second-order valence-corrected chi connectivity index (χ2v) is 3.85. The summed E-state index contributed by atoms with van der Waals surface area (Å²) in [4.78, 5) is 0. The number of hydrogen-bond acceptors (Lipinski definition) is 2. The molecule has 0 heterocycles. The Balaban J connectivity index is 2.59. The van der Waals surface area contributed by atoms with Crippen molar-refractivity contribution >= 4 is 27.5 Å². The zero-order valence-corrected chi connectivity index (χ0v) is 9.65. The lowest BCUT2D eigenvalue weighted by atomic mass is 10.3. The van der Waals surface area contributed by atoms with Crippen molar-refractivity contribution in [3.63, 3.8) is 0 Å². The summed E-state index contributed by atoms with van der Waals surface area (Å²) in [6.45, 7) is 1.43. The highest BCUT2D eigenvalue weighted by Gasteiger charge is 2.00. The predicted octanol–water partition coefficient (Wildman–Crippen LogP) is 2.70. The van der Waals surface area contributed by atoms with Crippen molar-refractivity contribution < 1.29 is 4.74 Å². The van der Waals surface area contributed by atoms with Gasteiger partial charge in [-0.25, -0.2) is 0 Å². The fraction of sp³-hybridized carbons (Fsp3) is 0.333. The largest absolute Gasteiger partial charge is 0.491 e. The summed E-state index contributed by atoms with van der Waals surface area (Å²) in [5.74, 6) is 0.714. The van der Waals surface area contributed by atoms with Crippen LogP contribution in [0.1, 0.15) is 0 Å². The summed E-state index contributed by atoms with van der Waals surface area (Å²) < 4.78 is 6.40. The Morgan fingerprint density at radius 1 is 1.54 bits per heavy atom. The number of likely N-dealkylation sites (N-methyl/N-ethyl adjacent to an activating group) is 1. The molecule has 0 fully saturated rings. The number of halogens is 2. The van der Waals surface area contributed by atoms with Crippen LogP contribution in [0, 0.1) is 0 Å². The molecule has 0 aliphatic carbocycles. The standard InChI is InChI=1S/C9H11BrClNO/c1-12-4-5-13-9-6-7(10)2-3-8(9)11/h2-3,6,12H,4-5H2,1H3. The first-order valence-electron chi connectivity index (χ1n) is 3.96. The van der Waals surface area contributed by atoms with Gasteiger partial charge in [0.05, 0.1) is 5.02 Å². The Labute approximate surface area is 91.4 Å². The molecule has 72 valence electrons. The van der Waals surface area contributed by atoms with Gasteiger partial charge in [-0.15, -0.1) is 0 Å². The van der Waals surface area contributed by atoms with E-state index in [0.29, 0.717) is 17.4 Å². The third-order valence-corrected chi connectivity index (χ3v) is 2.31. The van der Waals surface area contributed by atoms with Crippen LogP contribution in [-0.4, -0.2) is 20.2 Å². The van der Waals surface area contributed by atoms with Gasteiger partial charge in [-0.2, -0.15) is 0 Å². The quantitative estimate of drug-likeness (QED) is 0.844. The number of nitrogens with one attached hydrogen (secondary N) is 1. The Bertz CT molecular complexity index is 280. The van der Waals surface area contributed by atoms with Gasteiger partial charge >= 0.3 is 0 Å². The second kappa shape index (κ2) is 5.47. The topological polar surface area (TPSA) is 21.3 Å². The summed E-state index contributed by atoms with van der Waals surface area (Å²) in [5, 5.41) is 3.63. The van der Waals surface area contributed by atoms with Crippen LogP contribution in [0.3, 0.4) is 0 Å². The van der Waals surface area contributed by atoms with Crippen molar-refractivity contribution in [1.29, 1.82) is 0 Å². The van der Waals surface area contributed by atoms with Crippen LogP contribution >= 0.6 is 27.5 Å². The lowest BCUT2D eigenvalue weighted by molar-refractivity contribution is 0.318. The molecular formula is C9H11BrClNO. The van der Waals surface area contributed by atoms with Gasteiger partial charge in [0.15, 0.2) is 0 Å². The minimum absolute atomic E-state index is 0.618. The van der Waals surface area contributed by atoms with Crippen LogP contribution < -0.4 is 10.1 Å². The average Bonchev–Trinajstić information content (AvgIpc) is 2.11. The summed E-state index contributed by atoms with van der Waals surface area (Å²) in [5.41, 5.74) is 0. The van der Waals surface area contributed by atoms with Gasteiger partial charge in [0, 0.05) is 11.0 Å². The molecule has 1 N–H and O–H groups in total. The maximum absolute atomic E-state index is 5.91. The molecule has 0 atom stereocenters. The highest BCUT2D eigenvalue weighted by Crippen LogP contribution is 2.27. The van der Waals surface area contributed by atoms with Crippen LogP contribution in [0.15, 0.2) is 22.7 Å². The molecule has 0 bridgehead atoms. The molecular weight excluding hydrogens is 253 g/mol. The van der Waals surface area contributed by atoms with E-state index in [0.717, 1.165) is 11.0 Å². The molecule has 2 nitrogen and oxygen atoms in total. The van der Waals surface area contributed by atoms with Gasteiger partial charge in [-0.05, 0) is 25.2 Å². The van der Waals surface area contributed by atoms with E-state index in [9.17, 15) is 0 Å². The van der Waals surface area contributed by atoms with E-state index < -0.39 is 0 Å². The first-order chi connectivity index (χ1) is 6.24. The van der Waals surface area contributed by atoms with E-state index in [1.165, 1.54) is 0 Å². The molecule has 0 saturated carbocycles. The lowest BCUT2D eigenvalue weighted by Crippen LogP contribution is -2.16. The minimum Gasteiger partial charge on any atom is -0.491 e. The van der Waals surface area contributed by atoms with Crippen LogP contribution in [0.2, 0.25) is 5.02 Å². The molecule has 0 aromatic heterocycles. The molecule has 4 heteroatoms. The van der Waals surface area contributed by atoms with E-state index in [2.05, 4.69) is 21.2 Å². The van der Waals surface area contributed by atoms with Crippen molar-refractivity contribution in [2.24, 2.45) is 0 Å². The summed E-state index contributed by atoms with van der Waals surface area (Å²) in [7, 11) is 1.88. The molecule has 0 aliphatic heterocycles.